The van der Waals surface area contributed by atoms with E-state index in [1.165, 1.54) is 12.1 Å². The molecule has 0 bridgehead atoms. The van der Waals surface area contributed by atoms with Gasteiger partial charge < -0.3 is 15.9 Å². The van der Waals surface area contributed by atoms with Crippen molar-refractivity contribution in [1.82, 2.24) is 14.7 Å². The van der Waals surface area contributed by atoms with Crippen molar-refractivity contribution in [2.75, 3.05) is 32.5 Å². The third-order valence-electron chi connectivity index (χ3n) is 5.90. The molecular weight excluding hydrogens is 420 g/mol. The lowest BCUT2D eigenvalue weighted by Crippen LogP contribution is -2.56. The van der Waals surface area contributed by atoms with Crippen molar-refractivity contribution in [3.8, 4) is 0 Å². The van der Waals surface area contributed by atoms with Gasteiger partial charge in [0.2, 0.25) is 5.91 Å². The number of nitrogens with zero attached hydrogens (tertiary/aromatic N) is 3. The summed E-state index contributed by atoms with van der Waals surface area (Å²) in [6.45, 7) is 0.399. The number of carboxylic acid groups (broad SMARTS) is 1. The zero-order chi connectivity index (χ0) is 23.6. The second kappa shape index (κ2) is 9.45. The summed E-state index contributed by atoms with van der Waals surface area (Å²) in [4.78, 5) is 63.3. The zero-order valence-corrected chi connectivity index (χ0v) is 17.7. The fourth-order valence-electron chi connectivity index (χ4n) is 4.23. The third kappa shape index (κ3) is 4.21. The van der Waals surface area contributed by atoms with Gasteiger partial charge in [-0.2, -0.15) is 0 Å². The van der Waals surface area contributed by atoms with E-state index in [-0.39, 0.29) is 48.8 Å². The van der Waals surface area contributed by atoms with Crippen LogP contribution in [0.25, 0.3) is 0 Å². The Hall–Kier alpha value is -3.31. The molecule has 0 saturated carbocycles. The van der Waals surface area contributed by atoms with Gasteiger partial charge in [0, 0.05) is 12.1 Å². The fourth-order valence-corrected chi connectivity index (χ4v) is 4.23. The Morgan fingerprint density at radius 1 is 1.16 bits per heavy atom. The molecule has 4 rings (SSSR count). The van der Waals surface area contributed by atoms with Gasteiger partial charge in [0.05, 0.1) is 24.3 Å². The number of aliphatic hydroxyl groups is 1. The van der Waals surface area contributed by atoms with Crippen LogP contribution in [0.15, 0.2) is 18.2 Å². The molecule has 3 aliphatic heterocycles. The van der Waals surface area contributed by atoms with E-state index in [0.717, 1.165) is 29.2 Å². The fraction of sp³-hybridized carbons (Fsp3) is 0.476. The number of hydrogen-bond acceptors (Lipinski definition) is 8. The van der Waals surface area contributed by atoms with Gasteiger partial charge in [-0.3, -0.25) is 38.7 Å². The number of aliphatic carboxylic acids is 1. The number of nitrogen functional groups attached to an aromatic ring is 1. The van der Waals surface area contributed by atoms with E-state index in [1.807, 2.05) is 11.9 Å². The Labute approximate surface area is 184 Å². The standard InChI is InChI=1S/C15H15N3O5.C6H11NO2/c16-9-3-1-2-8-12(9)15(23)18(13(8)21)10-4-5-11(20)17(6-7-19)14(10)22;1-7-4-2-3-5(7)6(8)9/h1-3,10,19H,4-7,16H2;5H,2-4H2,1H3,(H,8,9)/t;5-/m.0/s1. The molecule has 4 N–H and O–H groups in total. The van der Waals surface area contributed by atoms with Crippen LogP contribution in [-0.2, 0) is 14.4 Å². The molecule has 0 spiro atoms. The molecule has 3 aliphatic rings. The van der Waals surface area contributed by atoms with E-state index >= 15 is 0 Å². The Bertz CT molecular complexity index is 963. The van der Waals surface area contributed by atoms with Gasteiger partial charge >= 0.3 is 5.97 Å². The van der Waals surface area contributed by atoms with Crippen molar-refractivity contribution in [1.29, 1.82) is 0 Å². The maximum atomic E-state index is 12.5. The highest BCUT2D eigenvalue weighted by Gasteiger charge is 2.47. The number of carbonyl (C=O) groups is 5. The number of likely N-dealkylation sites (N-methyl/N-ethyl adjacent to an activating group) is 1. The van der Waals surface area contributed by atoms with E-state index in [2.05, 4.69) is 0 Å². The number of aliphatic hydroxyl groups excluding tert-OH is 1. The number of benzene rings is 1. The number of hydrogen-bond donors (Lipinski definition) is 3. The van der Waals surface area contributed by atoms with E-state index in [1.54, 1.807) is 6.07 Å². The lowest BCUT2D eigenvalue weighted by molar-refractivity contribution is -0.152. The molecule has 2 saturated heterocycles. The summed E-state index contributed by atoms with van der Waals surface area (Å²) in [5, 5.41) is 17.5. The average Bonchev–Trinajstić information content (AvgIpc) is 3.29. The van der Waals surface area contributed by atoms with Gasteiger partial charge in [-0.1, -0.05) is 6.07 Å². The minimum atomic E-state index is -1.05. The molecule has 3 heterocycles. The maximum absolute atomic E-state index is 12.5. The number of rotatable bonds is 4. The minimum Gasteiger partial charge on any atom is -0.480 e. The lowest BCUT2D eigenvalue weighted by atomic mass is 10.0. The van der Waals surface area contributed by atoms with Gasteiger partial charge in [0.1, 0.15) is 12.1 Å². The molecule has 1 aromatic rings. The predicted molar refractivity (Wildman–Crippen MR) is 111 cm³/mol. The SMILES string of the molecule is CN1CCC[C@H]1C(=O)O.Nc1cccc2c1C(=O)N(C1CCC(=O)N(CCO)C1=O)C2=O. The molecule has 32 heavy (non-hydrogen) atoms. The van der Waals surface area contributed by atoms with E-state index in [9.17, 15) is 24.0 Å². The molecule has 0 radical (unpaired) electrons. The van der Waals surface area contributed by atoms with Crippen LogP contribution in [0.2, 0.25) is 0 Å². The summed E-state index contributed by atoms with van der Waals surface area (Å²) < 4.78 is 0. The number of carbonyl (C=O) groups excluding carboxylic acids is 4. The normalized spacial score (nSPS) is 23.3. The summed E-state index contributed by atoms with van der Waals surface area (Å²) in [5.74, 6) is -2.97. The first-order valence-corrected chi connectivity index (χ1v) is 10.3. The molecular formula is C21H26N4O7. The van der Waals surface area contributed by atoms with Crippen LogP contribution < -0.4 is 5.73 Å². The first kappa shape index (κ1) is 23.4. The Kier molecular flexibility index (Phi) is 6.90. The van der Waals surface area contributed by atoms with Gasteiger partial charge in [0.25, 0.3) is 17.7 Å². The summed E-state index contributed by atoms with van der Waals surface area (Å²) in [6.07, 6.45) is 1.93. The van der Waals surface area contributed by atoms with Crippen LogP contribution in [0.1, 0.15) is 46.4 Å². The second-order valence-electron chi connectivity index (χ2n) is 7.89. The Balaban J connectivity index is 0.000000269. The smallest absolute Gasteiger partial charge is 0.320 e. The molecule has 172 valence electrons. The van der Waals surface area contributed by atoms with Crippen molar-refractivity contribution in [2.24, 2.45) is 0 Å². The number of carboxylic acids is 1. The maximum Gasteiger partial charge on any atom is 0.320 e. The number of nitrogens with two attached hydrogens (primary N) is 1. The van der Waals surface area contributed by atoms with Crippen molar-refractivity contribution >= 4 is 35.3 Å². The van der Waals surface area contributed by atoms with Gasteiger partial charge in [-0.25, -0.2) is 0 Å². The summed E-state index contributed by atoms with van der Waals surface area (Å²) in [7, 11) is 1.85. The molecule has 11 heteroatoms. The highest BCUT2D eigenvalue weighted by molar-refractivity contribution is 6.25. The number of amides is 4. The van der Waals surface area contributed by atoms with Gasteiger partial charge in [0.15, 0.2) is 0 Å². The number of fused-ring (bicyclic) bond motifs is 1. The molecule has 0 aliphatic carbocycles. The largest absolute Gasteiger partial charge is 0.480 e. The quantitative estimate of drug-likeness (QED) is 0.410. The molecule has 1 aromatic carbocycles. The average molecular weight is 446 g/mol. The van der Waals surface area contributed by atoms with Crippen LogP contribution in [-0.4, -0.2) is 93.3 Å². The summed E-state index contributed by atoms with van der Waals surface area (Å²) in [6, 6.07) is 3.29. The first-order chi connectivity index (χ1) is 15.2. The van der Waals surface area contributed by atoms with E-state index in [0.29, 0.717) is 0 Å². The first-order valence-electron chi connectivity index (χ1n) is 10.3. The topological polar surface area (TPSA) is 162 Å². The molecule has 0 aromatic heterocycles. The van der Waals surface area contributed by atoms with Crippen molar-refractivity contribution in [3.63, 3.8) is 0 Å². The van der Waals surface area contributed by atoms with Crippen LogP contribution in [0.5, 0.6) is 0 Å². The Morgan fingerprint density at radius 3 is 2.41 bits per heavy atom. The van der Waals surface area contributed by atoms with Crippen molar-refractivity contribution < 1.29 is 34.2 Å². The molecule has 4 amide bonds. The summed E-state index contributed by atoms with van der Waals surface area (Å²) >= 11 is 0. The number of likely N-dealkylation sites (tertiary alicyclic amines) is 2. The zero-order valence-electron chi connectivity index (χ0n) is 17.7. The number of anilines is 1. The van der Waals surface area contributed by atoms with Crippen LogP contribution >= 0.6 is 0 Å². The molecule has 11 nitrogen and oxygen atoms in total. The number of piperidine rings is 1. The van der Waals surface area contributed by atoms with Crippen LogP contribution in [0.4, 0.5) is 5.69 Å². The third-order valence-corrected chi connectivity index (χ3v) is 5.90. The highest BCUT2D eigenvalue weighted by atomic mass is 16.4. The second-order valence-corrected chi connectivity index (χ2v) is 7.89. The van der Waals surface area contributed by atoms with Crippen molar-refractivity contribution in [3.05, 3.63) is 29.3 Å². The molecule has 2 atom stereocenters. The van der Waals surface area contributed by atoms with Crippen LogP contribution in [0.3, 0.4) is 0 Å². The van der Waals surface area contributed by atoms with Crippen molar-refractivity contribution in [2.45, 2.75) is 37.8 Å². The predicted octanol–water partition coefficient (Wildman–Crippen LogP) is -0.460. The van der Waals surface area contributed by atoms with E-state index < -0.39 is 35.6 Å². The van der Waals surface area contributed by atoms with Crippen LogP contribution in [0, 0.1) is 0 Å². The highest BCUT2D eigenvalue weighted by Crippen LogP contribution is 2.31. The van der Waals surface area contributed by atoms with Gasteiger partial charge in [-0.15, -0.1) is 0 Å². The summed E-state index contributed by atoms with van der Waals surface area (Å²) in [5.41, 5.74) is 6.20. The molecule has 2 fully saturated rings. The lowest BCUT2D eigenvalue weighted by Gasteiger charge is -2.34. The molecule has 1 unspecified atom stereocenters. The van der Waals surface area contributed by atoms with E-state index in [4.69, 9.17) is 15.9 Å². The number of imide groups is 2. The monoisotopic (exact) mass is 446 g/mol. The minimum absolute atomic E-state index is 0.0271. The number of β-amino-alcohol motifs (C(OH)–C–C–N with tert-alkyl or cyclic N) is 1. The Morgan fingerprint density at radius 2 is 1.88 bits per heavy atom. The van der Waals surface area contributed by atoms with Gasteiger partial charge in [-0.05, 0) is 45.0 Å².